The van der Waals surface area contributed by atoms with Crippen LogP contribution in [0.2, 0.25) is 0 Å². The molecule has 8 nitrogen and oxygen atoms in total. The van der Waals surface area contributed by atoms with E-state index in [-0.39, 0.29) is 13.2 Å². The molecule has 9 heteroatoms. The Morgan fingerprint density at radius 3 is 2.16 bits per heavy atom. The van der Waals surface area contributed by atoms with Crippen molar-refractivity contribution in [3.8, 4) is 22.8 Å². The highest BCUT2D eigenvalue weighted by atomic mass is 32.2. The van der Waals surface area contributed by atoms with E-state index in [0.29, 0.717) is 16.7 Å². The lowest BCUT2D eigenvalue weighted by atomic mass is 10.2. The van der Waals surface area contributed by atoms with Gasteiger partial charge in [0, 0.05) is 5.69 Å². The second-order valence-corrected chi connectivity index (χ2v) is 7.25. The quantitative estimate of drug-likeness (QED) is 0.283. The summed E-state index contributed by atoms with van der Waals surface area (Å²) in [7, 11) is 1.58. The minimum Gasteiger partial charge on any atom is -0.496 e. The highest BCUT2D eigenvalue weighted by molar-refractivity contribution is 8.01. The minimum absolute atomic E-state index is 0.146. The topological polar surface area (TPSA) is 92.5 Å². The van der Waals surface area contributed by atoms with Crippen molar-refractivity contribution in [1.29, 1.82) is 0 Å². The molecule has 162 valence electrons. The molecule has 0 unspecified atom stereocenters. The number of thioether (sulfide) groups is 1. The summed E-state index contributed by atoms with van der Waals surface area (Å²) >= 11 is 0.935. The molecule has 0 spiro atoms. The number of hydrogen-bond donors (Lipinski definition) is 0. The van der Waals surface area contributed by atoms with Crippen LogP contribution in [0.3, 0.4) is 0 Å². The molecule has 1 aromatic heterocycles. The number of methoxy groups -OCH3 is 1. The molecule has 0 aliphatic heterocycles. The summed E-state index contributed by atoms with van der Waals surface area (Å²) in [6.45, 7) is 3.65. The van der Waals surface area contributed by atoms with E-state index in [9.17, 15) is 9.59 Å². The molecule has 0 saturated carbocycles. The second kappa shape index (κ2) is 10.6. The first-order valence-electron chi connectivity index (χ1n) is 9.74. The zero-order valence-electron chi connectivity index (χ0n) is 17.5. The number of para-hydroxylation sites is 2. The van der Waals surface area contributed by atoms with E-state index >= 15 is 0 Å². The van der Waals surface area contributed by atoms with Crippen LogP contribution in [0.15, 0.2) is 59.8 Å². The molecule has 0 saturated heterocycles. The number of hydrogen-bond acceptors (Lipinski definition) is 8. The molecule has 3 rings (SSSR count). The molecule has 1 heterocycles. The van der Waals surface area contributed by atoms with Crippen molar-refractivity contribution in [2.24, 2.45) is 0 Å². The summed E-state index contributed by atoms with van der Waals surface area (Å²) in [5.41, 5.74) is 1.49. The van der Waals surface area contributed by atoms with Gasteiger partial charge in [-0.1, -0.05) is 42.1 Å². The van der Waals surface area contributed by atoms with Gasteiger partial charge in [-0.25, -0.2) is 0 Å². The Morgan fingerprint density at radius 2 is 1.55 bits per heavy atom. The number of carbonyl (C=O) groups excluding carboxylic acids is 2. The maximum Gasteiger partial charge on any atom is 0.331 e. The normalized spacial score (nSPS) is 10.7. The van der Waals surface area contributed by atoms with E-state index in [1.54, 1.807) is 25.5 Å². The number of ether oxygens (including phenoxy) is 3. The highest BCUT2D eigenvalue weighted by Gasteiger charge is 2.33. The van der Waals surface area contributed by atoms with Crippen molar-refractivity contribution in [2.45, 2.75) is 24.3 Å². The number of benzene rings is 2. The fourth-order valence-electron chi connectivity index (χ4n) is 2.89. The second-order valence-electron chi connectivity index (χ2n) is 6.18. The van der Waals surface area contributed by atoms with Gasteiger partial charge in [-0.3, -0.25) is 14.2 Å². The van der Waals surface area contributed by atoms with Gasteiger partial charge in [0.05, 0.1) is 25.9 Å². The first-order chi connectivity index (χ1) is 15.1. The summed E-state index contributed by atoms with van der Waals surface area (Å²) < 4.78 is 17.4. The zero-order chi connectivity index (χ0) is 22.2. The monoisotopic (exact) mass is 441 g/mol. The number of nitrogens with zero attached hydrogens (tertiary/aromatic N) is 3. The van der Waals surface area contributed by atoms with Crippen LogP contribution in [0.1, 0.15) is 13.8 Å². The third-order valence-corrected chi connectivity index (χ3v) is 5.32. The third-order valence-electron chi connectivity index (χ3n) is 4.22. The van der Waals surface area contributed by atoms with Crippen molar-refractivity contribution in [1.82, 2.24) is 14.8 Å². The van der Waals surface area contributed by atoms with Crippen LogP contribution >= 0.6 is 11.8 Å². The Balaban J connectivity index is 2.11. The van der Waals surface area contributed by atoms with Crippen LogP contribution in [0.4, 0.5) is 0 Å². The van der Waals surface area contributed by atoms with Gasteiger partial charge < -0.3 is 14.2 Å². The van der Waals surface area contributed by atoms with Crippen molar-refractivity contribution < 1.29 is 23.8 Å². The summed E-state index contributed by atoms with van der Waals surface area (Å²) in [5.74, 6) is -0.242. The van der Waals surface area contributed by atoms with Gasteiger partial charge in [0.25, 0.3) is 0 Å². The van der Waals surface area contributed by atoms with Gasteiger partial charge in [-0.2, -0.15) is 0 Å². The predicted octanol–water partition coefficient (Wildman–Crippen LogP) is 3.53. The van der Waals surface area contributed by atoms with Crippen LogP contribution < -0.4 is 4.74 Å². The largest absolute Gasteiger partial charge is 0.496 e. The molecular weight excluding hydrogens is 418 g/mol. The molecule has 0 radical (unpaired) electrons. The lowest BCUT2D eigenvalue weighted by Gasteiger charge is -2.15. The maximum atomic E-state index is 12.5. The van der Waals surface area contributed by atoms with Crippen molar-refractivity contribution in [3.05, 3.63) is 54.6 Å². The number of aromatic nitrogens is 3. The summed E-state index contributed by atoms with van der Waals surface area (Å²) in [6, 6.07) is 16.8. The van der Waals surface area contributed by atoms with Gasteiger partial charge in [-0.05, 0) is 38.1 Å². The molecule has 0 N–H and O–H groups in total. The molecule has 0 aliphatic rings. The molecule has 0 atom stereocenters. The van der Waals surface area contributed by atoms with E-state index in [2.05, 4.69) is 10.2 Å². The summed E-state index contributed by atoms with van der Waals surface area (Å²) in [6.07, 6.45) is 0. The van der Waals surface area contributed by atoms with Crippen LogP contribution in [0.5, 0.6) is 5.75 Å². The third kappa shape index (κ3) is 5.05. The van der Waals surface area contributed by atoms with Crippen LogP contribution in [-0.4, -0.2) is 52.3 Å². The number of carbonyl (C=O) groups is 2. The van der Waals surface area contributed by atoms with E-state index in [1.165, 1.54) is 0 Å². The Labute approximate surface area is 184 Å². The van der Waals surface area contributed by atoms with Crippen molar-refractivity contribution in [3.63, 3.8) is 0 Å². The molecule has 0 amide bonds. The van der Waals surface area contributed by atoms with Crippen LogP contribution in [0.25, 0.3) is 17.1 Å². The zero-order valence-corrected chi connectivity index (χ0v) is 18.3. The Kier molecular flexibility index (Phi) is 7.66. The van der Waals surface area contributed by atoms with Crippen molar-refractivity contribution in [2.75, 3.05) is 20.3 Å². The molecule has 0 fully saturated rings. The number of rotatable bonds is 9. The lowest BCUT2D eigenvalue weighted by Crippen LogP contribution is -2.31. The van der Waals surface area contributed by atoms with Crippen molar-refractivity contribution >= 4 is 23.7 Å². The Morgan fingerprint density at radius 1 is 0.935 bits per heavy atom. The Hall–Kier alpha value is -3.33. The first kappa shape index (κ1) is 22.4. The van der Waals surface area contributed by atoms with Gasteiger partial charge in [0.2, 0.25) is 5.25 Å². The molecule has 31 heavy (non-hydrogen) atoms. The molecular formula is C22H23N3O5S. The van der Waals surface area contributed by atoms with E-state index < -0.39 is 17.2 Å². The molecule has 0 bridgehead atoms. The summed E-state index contributed by atoms with van der Waals surface area (Å²) in [5, 5.41) is 7.74. The standard InChI is InChI=1S/C22H23N3O5S/c1-4-29-20(26)18(21(27)30-5-2)31-22-24-23-19(16-13-9-10-14-17(16)28-3)25(22)15-11-7-6-8-12-15/h6-14,18H,4-5H2,1-3H3. The predicted molar refractivity (Wildman–Crippen MR) is 116 cm³/mol. The maximum absolute atomic E-state index is 12.5. The molecule has 0 aliphatic carbocycles. The summed E-state index contributed by atoms with van der Waals surface area (Å²) in [4.78, 5) is 24.9. The lowest BCUT2D eigenvalue weighted by molar-refractivity contribution is -0.152. The SMILES string of the molecule is CCOC(=O)C(Sc1nnc(-c2ccccc2OC)n1-c1ccccc1)C(=O)OCC. The minimum atomic E-state index is -1.22. The molecule has 2 aromatic carbocycles. The smallest absolute Gasteiger partial charge is 0.331 e. The highest BCUT2D eigenvalue weighted by Crippen LogP contribution is 2.34. The van der Waals surface area contributed by atoms with Gasteiger partial charge in [-0.15, -0.1) is 10.2 Å². The van der Waals surface area contributed by atoms with Crippen LogP contribution in [0, 0.1) is 0 Å². The van der Waals surface area contributed by atoms with Gasteiger partial charge in [0.1, 0.15) is 5.75 Å². The van der Waals surface area contributed by atoms with E-state index in [4.69, 9.17) is 14.2 Å². The average Bonchev–Trinajstić information content (AvgIpc) is 3.21. The van der Waals surface area contributed by atoms with Gasteiger partial charge in [0.15, 0.2) is 11.0 Å². The van der Waals surface area contributed by atoms with Gasteiger partial charge >= 0.3 is 11.9 Å². The fraction of sp³-hybridized carbons (Fsp3) is 0.273. The average molecular weight is 442 g/mol. The molecule has 3 aromatic rings. The number of esters is 2. The fourth-order valence-corrected chi connectivity index (χ4v) is 3.82. The van der Waals surface area contributed by atoms with Crippen LogP contribution in [-0.2, 0) is 19.1 Å². The van der Waals surface area contributed by atoms with E-state index in [0.717, 1.165) is 23.0 Å². The Bertz CT molecular complexity index is 1020. The first-order valence-corrected chi connectivity index (χ1v) is 10.6. The van der Waals surface area contributed by atoms with E-state index in [1.807, 2.05) is 54.6 Å².